The van der Waals surface area contributed by atoms with E-state index < -0.39 is 8.32 Å². The number of hydrogen-bond donors (Lipinski definition) is 1. The van der Waals surface area contributed by atoms with Gasteiger partial charge in [0.1, 0.15) is 0 Å². The van der Waals surface area contributed by atoms with E-state index in [0.717, 1.165) is 11.6 Å². The highest BCUT2D eigenvalue weighted by atomic mass is 32.1. The van der Waals surface area contributed by atoms with Gasteiger partial charge in [-0.15, -0.1) is 0 Å². The molecular weight excluding hydrogens is 152 g/mol. The Morgan fingerprint density at radius 1 is 1.44 bits per heavy atom. The predicted molar refractivity (Wildman–Crippen MR) is 44.4 cm³/mol. The van der Waals surface area contributed by atoms with Crippen LogP contribution < -0.4 is 0 Å². The maximum absolute atomic E-state index is 5.26. The monoisotopic (exact) mass is 166 g/mol. The summed E-state index contributed by atoms with van der Waals surface area (Å²) in [5.41, 5.74) is 0. The van der Waals surface area contributed by atoms with Crippen LogP contribution in [0.2, 0.25) is 6.55 Å². The molecule has 1 atom stereocenters. The molecule has 2 nitrogen and oxygen atoms in total. The summed E-state index contributed by atoms with van der Waals surface area (Å²) in [6.07, 6.45) is 0.729. The summed E-state index contributed by atoms with van der Waals surface area (Å²) >= 11 is 4.17. The second-order valence-corrected chi connectivity index (χ2v) is 7.11. The SMILES string of the molecule is COC[Si](C)(CS)OC. The van der Waals surface area contributed by atoms with E-state index in [0.29, 0.717) is 0 Å². The van der Waals surface area contributed by atoms with Crippen LogP contribution in [0.3, 0.4) is 0 Å². The summed E-state index contributed by atoms with van der Waals surface area (Å²) in [7, 11) is 1.86. The highest BCUT2D eigenvalue weighted by Gasteiger charge is 2.25. The normalized spacial score (nSPS) is 17.3. The summed E-state index contributed by atoms with van der Waals surface area (Å²) in [4.78, 5) is 0. The Bertz CT molecular complexity index is 75.4. The fourth-order valence-electron chi connectivity index (χ4n) is 0.474. The van der Waals surface area contributed by atoms with Gasteiger partial charge < -0.3 is 9.16 Å². The molecule has 0 aromatic rings. The van der Waals surface area contributed by atoms with E-state index in [9.17, 15) is 0 Å². The number of rotatable bonds is 4. The van der Waals surface area contributed by atoms with E-state index in [2.05, 4.69) is 19.2 Å². The standard InChI is InChI=1S/C5H14O2SSi/c1-6-4-9(3,5-8)7-2/h8H,4-5H2,1-3H3. The lowest BCUT2D eigenvalue weighted by Gasteiger charge is -2.21. The zero-order chi connectivity index (χ0) is 7.33. The first-order valence-corrected chi connectivity index (χ1v) is 6.29. The second kappa shape index (κ2) is 4.33. The molecule has 0 rings (SSSR count). The largest absolute Gasteiger partial charge is 0.417 e. The van der Waals surface area contributed by atoms with Crippen LogP contribution in [0.1, 0.15) is 0 Å². The van der Waals surface area contributed by atoms with Crippen molar-refractivity contribution in [2.75, 3.05) is 25.8 Å². The van der Waals surface area contributed by atoms with Crippen molar-refractivity contribution >= 4 is 20.9 Å². The molecule has 0 aliphatic heterocycles. The summed E-state index contributed by atoms with van der Waals surface area (Å²) in [6.45, 7) is 2.10. The van der Waals surface area contributed by atoms with E-state index in [1.54, 1.807) is 14.2 Å². The van der Waals surface area contributed by atoms with Gasteiger partial charge in [0.05, 0.1) is 6.23 Å². The van der Waals surface area contributed by atoms with Crippen molar-refractivity contribution in [3.63, 3.8) is 0 Å². The fraction of sp³-hybridized carbons (Fsp3) is 1.00. The van der Waals surface area contributed by atoms with E-state index in [1.165, 1.54) is 0 Å². The van der Waals surface area contributed by atoms with Gasteiger partial charge in [0.25, 0.3) is 0 Å². The molecule has 0 saturated carbocycles. The van der Waals surface area contributed by atoms with Crippen molar-refractivity contribution in [3.05, 3.63) is 0 Å². The molecule has 0 bridgehead atoms. The highest BCUT2D eigenvalue weighted by Crippen LogP contribution is 2.04. The summed E-state index contributed by atoms with van der Waals surface area (Å²) in [5, 5.41) is 0.817. The van der Waals surface area contributed by atoms with Crippen molar-refractivity contribution in [2.45, 2.75) is 6.55 Å². The van der Waals surface area contributed by atoms with Crippen LogP contribution >= 0.6 is 12.6 Å². The Morgan fingerprint density at radius 2 is 2.00 bits per heavy atom. The van der Waals surface area contributed by atoms with Gasteiger partial charge in [-0.3, -0.25) is 0 Å². The van der Waals surface area contributed by atoms with Gasteiger partial charge in [0.2, 0.25) is 8.32 Å². The van der Waals surface area contributed by atoms with Gasteiger partial charge in [0.15, 0.2) is 0 Å². The van der Waals surface area contributed by atoms with Crippen LogP contribution in [0, 0.1) is 0 Å². The van der Waals surface area contributed by atoms with Gasteiger partial charge in [0, 0.05) is 19.6 Å². The van der Waals surface area contributed by atoms with Crippen LogP contribution in [-0.2, 0) is 9.16 Å². The molecule has 56 valence electrons. The smallest absolute Gasteiger partial charge is 0.223 e. The van der Waals surface area contributed by atoms with E-state index >= 15 is 0 Å². The van der Waals surface area contributed by atoms with Gasteiger partial charge in [-0.25, -0.2) is 0 Å². The Labute approximate surface area is 63.1 Å². The molecule has 0 heterocycles. The quantitative estimate of drug-likeness (QED) is 0.493. The van der Waals surface area contributed by atoms with Crippen LogP contribution in [0.4, 0.5) is 0 Å². The minimum absolute atomic E-state index is 0.729. The van der Waals surface area contributed by atoms with Crippen molar-refractivity contribution in [1.82, 2.24) is 0 Å². The van der Waals surface area contributed by atoms with Crippen molar-refractivity contribution in [2.24, 2.45) is 0 Å². The molecule has 0 N–H and O–H groups in total. The fourth-order valence-corrected chi connectivity index (χ4v) is 2.08. The van der Waals surface area contributed by atoms with Crippen LogP contribution in [0.15, 0.2) is 0 Å². The Kier molecular flexibility index (Phi) is 4.56. The Balaban J connectivity index is 3.62. The minimum Gasteiger partial charge on any atom is -0.417 e. The van der Waals surface area contributed by atoms with Gasteiger partial charge >= 0.3 is 0 Å². The van der Waals surface area contributed by atoms with E-state index in [4.69, 9.17) is 9.16 Å². The molecule has 0 fully saturated rings. The Hall–Kier alpha value is 0.487. The van der Waals surface area contributed by atoms with Crippen LogP contribution in [-0.4, -0.2) is 34.1 Å². The molecule has 9 heavy (non-hydrogen) atoms. The average molecular weight is 166 g/mol. The average Bonchev–Trinajstić information content (AvgIpc) is 1.89. The second-order valence-electron chi connectivity index (χ2n) is 2.25. The molecule has 0 saturated heterocycles. The topological polar surface area (TPSA) is 18.5 Å². The molecule has 0 amide bonds. The zero-order valence-electron chi connectivity index (χ0n) is 6.18. The third-order valence-electron chi connectivity index (χ3n) is 1.28. The summed E-state index contributed by atoms with van der Waals surface area (Å²) in [5.74, 6) is 0. The number of hydrogen-bond acceptors (Lipinski definition) is 3. The van der Waals surface area contributed by atoms with Crippen molar-refractivity contribution < 1.29 is 9.16 Å². The molecule has 1 unspecified atom stereocenters. The molecule has 0 spiro atoms. The maximum atomic E-state index is 5.26. The maximum Gasteiger partial charge on any atom is 0.223 e. The number of ether oxygens (including phenoxy) is 1. The van der Waals surface area contributed by atoms with Gasteiger partial charge in [-0.2, -0.15) is 12.6 Å². The summed E-state index contributed by atoms with van der Waals surface area (Å²) < 4.78 is 10.2. The summed E-state index contributed by atoms with van der Waals surface area (Å²) in [6, 6.07) is 0. The van der Waals surface area contributed by atoms with Crippen LogP contribution in [0.25, 0.3) is 0 Å². The van der Waals surface area contributed by atoms with Crippen molar-refractivity contribution in [3.8, 4) is 0 Å². The first-order chi connectivity index (χ1) is 4.18. The first-order valence-electron chi connectivity index (χ1n) is 2.83. The number of thiol groups is 1. The van der Waals surface area contributed by atoms with E-state index in [1.807, 2.05) is 0 Å². The van der Waals surface area contributed by atoms with Crippen molar-refractivity contribution in [1.29, 1.82) is 0 Å². The Morgan fingerprint density at radius 3 is 2.11 bits per heavy atom. The van der Waals surface area contributed by atoms with E-state index in [-0.39, 0.29) is 0 Å². The third-order valence-corrected chi connectivity index (χ3v) is 5.84. The molecule has 0 aliphatic rings. The first kappa shape index (κ1) is 9.49. The molecule has 4 heteroatoms. The molecule has 0 aromatic heterocycles. The van der Waals surface area contributed by atoms with Crippen LogP contribution in [0.5, 0.6) is 0 Å². The third kappa shape index (κ3) is 3.25. The lowest BCUT2D eigenvalue weighted by Crippen LogP contribution is -2.41. The minimum atomic E-state index is -1.56. The molecule has 0 aliphatic carbocycles. The lowest BCUT2D eigenvalue weighted by molar-refractivity contribution is 0.223. The highest BCUT2D eigenvalue weighted by molar-refractivity contribution is 7.82. The number of methoxy groups -OCH3 is 1. The molecule has 0 aromatic carbocycles. The zero-order valence-corrected chi connectivity index (χ0v) is 8.07. The molecule has 0 radical (unpaired) electrons. The lowest BCUT2D eigenvalue weighted by atomic mass is 11.5. The van der Waals surface area contributed by atoms with Gasteiger partial charge in [-0.05, 0) is 6.55 Å². The molecular formula is C5H14O2SSi. The van der Waals surface area contributed by atoms with Gasteiger partial charge in [-0.1, -0.05) is 0 Å². The predicted octanol–water partition coefficient (Wildman–Crippen LogP) is 0.863.